The van der Waals surface area contributed by atoms with Gasteiger partial charge in [0.1, 0.15) is 5.82 Å². The van der Waals surface area contributed by atoms with Crippen LogP contribution in [0.4, 0.5) is 5.95 Å². The molecule has 6 nitrogen and oxygen atoms in total. The largest absolute Gasteiger partial charge is 0.378 e. The van der Waals surface area contributed by atoms with Gasteiger partial charge in [-0.25, -0.2) is 0 Å². The molecule has 1 aromatic rings. The van der Waals surface area contributed by atoms with Gasteiger partial charge in [-0.1, -0.05) is 0 Å². The molecule has 0 aliphatic carbocycles. The predicted molar refractivity (Wildman–Crippen MR) is 78.0 cm³/mol. The number of aryl methyl sites for hydroxylation is 1. The number of aromatic nitrogens is 3. The van der Waals surface area contributed by atoms with Crippen LogP contribution < -0.4 is 10.2 Å². The van der Waals surface area contributed by atoms with Crippen LogP contribution in [0.15, 0.2) is 0 Å². The summed E-state index contributed by atoms with van der Waals surface area (Å²) in [6, 6.07) is 0. The summed E-state index contributed by atoms with van der Waals surface area (Å²) in [4.78, 5) is 6.90. The van der Waals surface area contributed by atoms with Crippen LogP contribution >= 0.6 is 0 Å². The normalized spacial score (nSPS) is 24.6. The molecular weight excluding hydrogens is 254 g/mol. The van der Waals surface area contributed by atoms with E-state index in [1.54, 1.807) is 0 Å². The van der Waals surface area contributed by atoms with E-state index in [0.717, 1.165) is 63.8 Å². The zero-order valence-electron chi connectivity index (χ0n) is 12.1. The van der Waals surface area contributed by atoms with Crippen molar-refractivity contribution < 1.29 is 4.74 Å². The lowest BCUT2D eigenvalue weighted by Crippen LogP contribution is -2.28. The maximum Gasteiger partial charge on any atom is 0.244 e. The van der Waals surface area contributed by atoms with Crippen LogP contribution in [0.25, 0.3) is 0 Å². The number of hydrogen-bond donors (Lipinski definition) is 2. The van der Waals surface area contributed by atoms with Gasteiger partial charge in [0.25, 0.3) is 0 Å². The Balaban J connectivity index is 1.50. The molecule has 1 aromatic heterocycles. The van der Waals surface area contributed by atoms with Crippen molar-refractivity contribution in [3.05, 3.63) is 5.82 Å². The van der Waals surface area contributed by atoms with Gasteiger partial charge in [-0.15, -0.1) is 5.10 Å². The lowest BCUT2D eigenvalue weighted by molar-refractivity contribution is 0.0112. The fraction of sp³-hybridized carbons (Fsp3) is 0.857. The van der Waals surface area contributed by atoms with Gasteiger partial charge in [0.2, 0.25) is 5.95 Å². The van der Waals surface area contributed by atoms with E-state index in [1.807, 2.05) is 0 Å². The molecule has 1 atom stereocenters. The van der Waals surface area contributed by atoms with Gasteiger partial charge in [-0.05, 0) is 38.6 Å². The van der Waals surface area contributed by atoms with Crippen molar-refractivity contribution >= 4 is 5.95 Å². The van der Waals surface area contributed by atoms with Gasteiger partial charge in [-0.3, -0.25) is 5.10 Å². The van der Waals surface area contributed by atoms with E-state index in [9.17, 15) is 0 Å². The Morgan fingerprint density at radius 1 is 1.20 bits per heavy atom. The number of nitrogens with one attached hydrogen (secondary N) is 2. The number of rotatable bonds is 4. The van der Waals surface area contributed by atoms with E-state index in [0.29, 0.717) is 6.10 Å². The molecule has 0 amide bonds. The first kappa shape index (κ1) is 13.8. The first-order chi connectivity index (χ1) is 9.92. The first-order valence-corrected chi connectivity index (χ1v) is 7.90. The SMILES string of the molecule is C1CCC(CCc2nc(N3CCCNCC3)n[nH]2)OC1. The molecule has 0 radical (unpaired) electrons. The van der Waals surface area contributed by atoms with Crippen LogP contribution in [0.3, 0.4) is 0 Å². The molecule has 2 saturated heterocycles. The van der Waals surface area contributed by atoms with E-state index in [-0.39, 0.29) is 0 Å². The molecule has 112 valence electrons. The summed E-state index contributed by atoms with van der Waals surface area (Å²) in [7, 11) is 0. The number of nitrogens with zero attached hydrogens (tertiary/aromatic N) is 3. The number of ether oxygens (including phenoxy) is 1. The van der Waals surface area contributed by atoms with Gasteiger partial charge in [-0.2, -0.15) is 4.98 Å². The summed E-state index contributed by atoms with van der Waals surface area (Å²) in [5.74, 6) is 1.85. The Hall–Kier alpha value is -1.14. The highest BCUT2D eigenvalue weighted by molar-refractivity contribution is 5.28. The average molecular weight is 279 g/mol. The molecule has 2 fully saturated rings. The van der Waals surface area contributed by atoms with Crippen molar-refractivity contribution in [2.45, 2.75) is 44.6 Å². The Morgan fingerprint density at radius 3 is 3.10 bits per heavy atom. The molecule has 3 heterocycles. The maximum absolute atomic E-state index is 5.76. The van der Waals surface area contributed by atoms with Crippen LogP contribution in [-0.2, 0) is 11.2 Å². The van der Waals surface area contributed by atoms with Gasteiger partial charge in [0, 0.05) is 32.7 Å². The van der Waals surface area contributed by atoms with Crippen LogP contribution in [0.1, 0.15) is 37.9 Å². The van der Waals surface area contributed by atoms with Gasteiger partial charge in [0.15, 0.2) is 0 Å². The van der Waals surface area contributed by atoms with E-state index < -0.39 is 0 Å². The third-order valence-electron chi connectivity index (χ3n) is 4.12. The van der Waals surface area contributed by atoms with E-state index in [2.05, 4.69) is 25.4 Å². The second-order valence-electron chi connectivity index (χ2n) is 5.70. The smallest absolute Gasteiger partial charge is 0.244 e. The summed E-state index contributed by atoms with van der Waals surface area (Å²) < 4.78 is 5.76. The number of aromatic amines is 1. The second-order valence-corrected chi connectivity index (χ2v) is 5.70. The Bertz CT molecular complexity index is 394. The molecule has 3 rings (SSSR count). The minimum absolute atomic E-state index is 0.416. The maximum atomic E-state index is 5.76. The summed E-state index contributed by atoms with van der Waals surface area (Å²) >= 11 is 0. The van der Waals surface area contributed by atoms with Crippen LogP contribution in [-0.4, -0.2) is 54.1 Å². The third-order valence-corrected chi connectivity index (χ3v) is 4.12. The first-order valence-electron chi connectivity index (χ1n) is 7.90. The second kappa shape index (κ2) is 7.04. The lowest BCUT2D eigenvalue weighted by atomic mass is 10.0. The van der Waals surface area contributed by atoms with Crippen molar-refractivity contribution in [3.8, 4) is 0 Å². The molecule has 1 unspecified atom stereocenters. The van der Waals surface area contributed by atoms with Crippen molar-refractivity contribution in [2.24, 2.45) is 0 Å². The summed E-state index contributed by atoms with van der Waals surface area (Å²) in [5.41, 5.74) is 0. The van der Waals surface area contributed by atoms with Crippen molar-refractivity contribution in [2.75, 3.05) is 37.7 Å². The molecule has 0 spiro atoms. The van der Waals surface area contributed by atoms with Crippen molar-refractivity contribution in [1.29, 1.82) is 0 Å². The van der Waals surface area contributed by atoms with Gasteiger partial charge < -0.3 is 15.0 Å². The number of hydrogen-bond acceptors (Lipinski definition) is 5. The highest BCUT2D eigenvalue weighted by Gasteiger charge is 2.17. The Kier molecular flexibility index (Phi) is 4.86. The summed E-state index contributed by atoms with van der Waals surface area (Å²) in [6.45, 7) is 5.05. The quantitative estimate of drug-likeness (QED) is 0.864. The number of H-pyrrole nitrogens is 1. The molecule has 0 bridgehead atoms. The van der Waals surface area contributed by atoms with Crippen LogP contribution in [0.2, 0.25) is 0 Å². The standard InChI is InChI=1S/C14H25N5O/c1-2-11-20-12(4-1)5-6-13-16-14(18-17-13)19-9-3-7-15-8-10-19/h12,15H,1-11H2,(H,16,17,18). The molecule has 20 heavy (non-hydrogen) atoms. The minimum Gasteiger partial charge on any atom is -0.378 e. The monoisotopic (exact) mass is 279 g/mol. The molecule has 2 aliphatic rings. The minimum atomic E-state index is 0.416. The van der Waals surface area contributed by atoms with E-state index in [1.165, 1.54) is 19.3 Å². The fourth-order valence-corrected chi connectivity index (χ4v) is 2.92. The highest BCUT2D eigenvalue weighted by Crippen LogP contribution is 2.17. The Labute approximate surface area is 120 Å². The lowest BCUT2D eigenvalue weighted by Gasteiger charge is -2.21. The van der Waals surface area contributed by atoms with E-state index >= 15 is 0 Å². The topological polar surface area (TPSA) is 66.1 Å². The Morgan fingerprint density at radius 2 is 2.20 bits per heavy atom. The zero-order valence-corrected chi connectivity index (χ0v) is 12.1. The van der Waals surface area contributed by atoms with Crippen molar-refractivity contribution in [3.63, 3.8) is 0 Å². The molecule has 6 heteroatoms. The average Bonchev–Trinajstić information content (AvgIpc) is 2.80. The molecule has 0 saturated carbocycles. The number of anilines is 1. The molecule has 2 aliphatic heterocycles. The molecule has 0 aromatic carbocycles. The summed E-state index contributed by atoms with van der Waals surface area (Å²) in [6.07, 6.45) is 7.26. The van der Waals surface area contributed by atoms with Gasteiger partial charge >= 0.3 is 0 Å². The van der Waals surface area contributed by atoms with Crippen LogP contribution in [0, 0.1) is 0 Å². The zero-order chi connectivity index (χ0) is 13.6. The third kappa shape index (κ3) is 3.70. The fourth-order valence-electron chi connectivity index (χ4n) is 2.92. The molecule has 2 N–H and O–H groups in total. The predicted octanol–water partition coefficient (Wildman–Crippen LogP) is 1.11. The van der Waals surface area contributed by atoms with Gasteiger partial charge in [0.05, 0.1) is 6.10 Å². The van der Waals surface area contributed by atoms with E-state index in [4.69, 9.17) is 4.74 Å². The van der Waals surface area contributed by atoms with Crippen LogP contribution in [0.5, 0.6) is 0 Å². The van der Waals surface area contributed by atoms with Crippen molar-refractivity contribution in [1.82, 2.24) is 20.5 Å². The molecular formula is C14H25N5O. The summed E-state index contributed by atoms with van der Waals surface area (Å²) in [5, 5.41) is 10.8. The highest BCUT2D eigenvalue weighted by atomic mass is 16.5.